The number of carbonyl (C=O) groups excluding carboxylic acids is 1. The quantitative estimate of drug-likeness (QED) is 0.191. The average Bonchev–Trinajstić information content (AvgIpc) is 3.02. The second-order valence-electron chi connectivity index (χ2n) is 10.0. The number of hydrogen-bond donors (Lipinski definition) is 0. The third-order valence-corrected chi connectivity index (χ3v) is 7.45. The Balaban J connectivity index is 1.70. The monoisotopic (exact) mass is 545 g/mol. The topological polar surface area (TPSA) is 64.4 Å². The highest BCUT2D eigenvalue weighted by Gasteiger charge is 2.34. The van der Waals surface area contributed by atoms with E-state index in [4.69, 9.17) is 9.72 Å². The van der Waals surface area contributed by atoms with Crippen molar-refractivity contribution in [2.75, 3.05) is 13.7 Å². The predicted octanol–water partition coefficient (Wildman–Crippen LogP) is 6.92. The van der Waals surface area contributed by atoms with Crippen LogP contribution in [-0.4, -0.2) is 34.0 Å². The van der Waals surface area contributed by atoms with E-state index in [1.165, 1.54) is 0 Å². The van der Waals surface area contributed by atoms with E-state index in [2.05, 4.69) is 6.92 Å². The minimum absolute atomic E-state index is 0.0141. The van der Waals surface area contributed by atoms with Gasteiger partial charge in [-0.1, -0.05) is 86.6 Å². The Labute approximate surface area is 240 Å². The van der Waals surface area contributed by atoms with Crippen LogP contribution in [0.1, 0.15) is 55.6 Å². The van der Waals surface area contributed by atoms with Crippen molar-refractivity contribution in [2.24, 2.45) is 0 Å². The van der Waals surface area contributed by atoms with Crippen LogP contribution in [0, 0.1) is 0 Å². The molecule has 5 aromatic rings. The molecule has 0 saturated carbocycles. The molecule has 0 fully saturated rings. The van der Waals surface area contributed by atoms with Crippen LogP contribution in [0.5, 0.6) is 5.75 Å². The summed E-state index contributed by atoms with van der Waals surface area (Å²) in [7, 11) is 1.61. The largest absolute Gasteiger partial charge is 0.497 e. The maximum absolute atomic E-state index is 14.7. The van der Waals surface area contributed by atoms with E-state index < -0.39 is 12.0 Å². The van der Waals surface area contributed by atoms with E-state index >= 15 is 0 Å². The number of carbonyl (C=O) groups is 1. The maximum Gasteiger partial charge on any atom is 0.266 e. The number of benzene rings is 4. The van der Waals surface area contributed by atoms with E-state index in [-0.39, 0.29) is 11.5 Å². The normalized spacial score (nSPS) is 11.9. The number of nitrogens with zero attached hydrogens (tertiary/aromatic N) is 3. The summed E-state index contributed by atoms with van der Waals surface area (Å²) in [5.41, 5.74) is 2.98. The molecular formula is C35H35N3O3. The molecule has 0 spiro atoms. The lowest BCUT2D eigenvalue weighted by Crippen LogP contribution is -2.41. The fourth-order valence-corrected chi connectivity index (χ4v) is 5.49. The van der Waals surface area contributed by atoms with Crippen LogP contribution in [-0.2, 0) is 4.79 Å². The fourth-order valence-electron chi connectivity index (χ4n) is 5.49. The number of hydrogen-bond acceptors (Lipinski definition) is 4. The van der Waals surface area contributed by atoms with Gasteiger partial charge in [0.15, 0.2) is 0 Å². The minimum Gasteiger partial charge on any atom is -0.497 e. The number of ether oxygens (including phenoxy) is 1. The van der Waals surface area contributed by atoms with Gasteiger partial charge in [-0.25, -0.2) is 4.98 Å². The molecule has 1 atom stereocenters. The van der Waals surface area contributed by atoms with Crippen molar-refractivity contribution in [3.63, 3.8) is 0 Å². The first-order valence-corrected chi connectivity index (χ1v) is 14.1. The van der Waals surface area contributed by atoms with Gasteiger partial charge in [0.1, 0.15) is 11.6 Å². The zero-order valence-electron chi connectivity index (χ0n) is 23.7. The zero-order valence-corrected chi connectivity index (χ0v) is 23.7. The maximum atomic E-state index is 14.7. The predicted molar refractivity (Wildman–Crippen MR) is 164 cm³/mol. The molecular weight excluding hydrogens is 510 g/mol. The summed E-state index contributed by atoms with van der Waals surface area (Å²) >= 11 is 0. The standard InChI is InChI=1S/C35H35N3O3/c1-4-24-37(35(40)32(25-14-8-6-9-15-25)26-16-10-7-11-17-26)31(5-2)33-36-30-19-13-12-18-29(30)34(39)38(33)27-20-22-28(41-3)23-21-27/h6-23,31-32H,4-5,24H2,1-3H3. The number of rotatable bonds is 10. The molecule has 0 radical (unpaired) electrons. The molecule has 0 aliphatic heterocycles. The van der Waals surface area contributed by atoms with Gasteiger partial charge in [-0.2, -0.15) is 0 Å². The lowest BCUT2D eigenvalue weighted by atomic mass is 9.89. The van der Waals surface area contributed by atoms with Gasteiger partial charge in [-0.15, -0.1) is 0 Å². The zero-order chi connectivity index (χ0) is 28.8. The van der Waals surface area contributed by atoms with Crippen LogP contribution >= 0.6 is 0 Å². The van der Waals surface area contributed by atoms with E-state index in [9.17, 15) is 9.59 Å². The molecule has 41 heavy (non-hydrogen) atoms. The van der Waals surface area contributed by atoms with Crippen LogP contribution < -0.4 is 10.3 Å². The van der Waals surface area contributed by atoms with Gasteiger partial charge < -0.3 is 9.64 Å². The van der Waals surface area contributed by atoms with Crippen LogP contribution in [0.25, 0.3) is 16.6 Å². The summed E-state index contributed by atoms with van der Waals surface area (Å²) in [5, 5.41) is 0.529. The number of fused-ring (bicyclic) bond motifs is 1. The minimum atomic E-state index is -0.486. The SMILES string of the molecule is CCCN(C(=O)C(c1ccccc1)c1ccccc1)C(CC)c1nc2ccccc2c(=O)n1-c1ccc(OC)cc1. The van der Waals surface area contributed by atoms with Gasteiger partial charge in [0.2, 0.25) is 5.91 Å². The number of para-hydroxylation sites is 1. The Morgan fingerprint density at radius 3 is 1.98 bits per heavy atom. The number of methoxy groups -OCH3 is 1. The van der Waals surface area contributed by atoms with Gasteiger partial charge in [0, 0.05) is 6.54 Å². The van der Waals surface area contributed by atoms with Crippen molar-refractivity contribution in [3.05, 3.63) is 136 Å². The third kappa shape index (κ3) is 5.64. The van der Waals surface area contributed by atoms with Crippen molar-refractivity contribution in [3.8, 4) is 11.4 Å². The second kappa shape index (κ2) is 12.6. The van der Waals surface area contributed by atoms with Gasteiger partial charge in [-0.3, -0.25) is 14.2 Å². The van der Waals surface area contributed by atoms with Crippen LogP contribution in [0.4, 0.5) is 0 Å². The number of aromatic nitrogens is 2. The van der Waals surface area contributed by atoms with Crippen LogP contribution in [0.2, 0.25) is 0 Å². The van der Waals surface area contributed by atoms with Crippen LogP contribution in [0.15, 0.2) is 114 Å². The molecule has 0 aliphatic carbocycles. The molecule has 1 amide bonds. The first-order chi connectivity index (χ1) is 20.1. The van der Waals surface area contributed by atoms with E-state index in [1.54, 1.807) is 17.7 Å². The molecule has 5 rings (SSSR count). The highest BCUT2D eigenvalue weighted by molar-refractivity contribution is 5.87. The Morgan fingerprint density at radius 2 is 1.41 bits per heavy atom. The Bertz CT molecular complexity index is 1630. The Morgan fingerprint density at radius 1 is 0.829 bits per heavy atom. The van der Waals surface area contributed by atoms with Crippen molar-refractivity contribution >= 4 is 16.8 Å². The summed E-state index contributed by atoms with van der Waals surface area (Å²) in [6.45, 7) is 4.64. The average molecular weight is 546 g/mol. The van der Waals surface area contributed by atoms with Gasteiger partial charge in [-0.05, 0) is 60.4 Å². The lowest BCUT2D eigenvalue weighted by molar-refractivity contribution is -0.134. The molecule has 208 valence electrons. The molecule has 0 aliphatic rings. The van der Waals surface area contributed by atoms with E-state index in [0.717, 1.165) is 17.5 Å². The Kier molecular flexibility index (Phi) is 8.59. The molecule has 0 saturated heterocycles. The highest BCUT2D eigenvalue weighted by atomic mass is 16.5. The molecule has 6 heteroatoms. The van der Waals surface area contributed by atoms with Gasteiger partial charge in [0.25, 0.3) is 5.56 Å². The van der Waals surface area contributed by atoms with Crippen molar-refractivity contribution in [1.29, 1.82) is 0 Å². The molecule has 0 bridgehead atoms. The molecule has 4 aromatic carbocycles. The Hall–Kier alpha value is -4.71. The molecule has 1 unspecified atom stereocenters. The lowest BCUT2D eigenvalue weighted by Gasteiger charge is -2.35. The fraction of sp³-hybridized carbons (Fsp3) is 0.229. The van der Waals surface area contributed by atoms with Gasteiger partial charge in [0.05, 0.1) is 35.7 Å². The van der Waals surface area contributed by atoms with E-state index in [1.807, 2.05) is 115 Å². The molecule has 6 nitrogen and oxygen atoms in total. The third-order valence-electron chi connectivity index (χ3n) is 7.45. The van der Waals surface area contributed by atoms with E-state index in [0.29, 0.717) is 41.1 Å². The summed E-state index contributed by atoms with van der Waals surface area (Å²) in [6, 6.07) is 34.1. The van der Waals surface area contributed by atoms with Crippen molar-refractivity contribution in [1.82, 2.24) is 14.5 Å². The smallest absolute Gasteiger partial charge is 0.266 e. The highest BCUT2D eigenvalue weighted by Crippen LogP contribution is 2.33. The molecule has 1 aromatic heterocycles. The number of amides is 1. The summed E-state index contributed by atoms with van der Waals surface area (Å²) in [6.07, 6.45) is 1.35. The van der Waals surface area contributed by atoms with Gasteiger partial charge >= 0.3 is 0 Å². The summed E-state index contributed by atoms with van der Waals surface area (Å²) in [5.74, 6) is 0.739. The summed E-state index contributed by atoms with van der Waals surface area (Å²) < 4.78 is 7.02. The second-order valence-corrected chi connectivity index (χ2v) is 10.0. The summed E-state index contributed by atoms with van der Waals surface area (Å²) in [4.78, 5) is 35.7. The first kappa shape index (κ1) is 27.8. The first-order valence-electron chi connectivity index (χ1n) is 14.1. The van der Waals surface area contributed by atoms with Crippen molar-refractivity contribution in [2.45, 2.75) is 38.6 Å². The van der Waals surface area contributed by atoms with Crippen LogP contribution in [0.3, 0.4) is 0 Å². The molecule has 1 heterocycles. The molecule has 0 N–H and O–H groups in total. The van der Waals surface area contributed by atoms with Crippen molar-refractivity contribution < 1.29 is 9.53 Å².